The molecule has 3 aromatic rings. The highest BCUT2D eigenvalue weighted by molar-refractivity contribution is 7.99. The van der Waals surface area contributed by atoms with Gasteiger partial charge in [-0.3, -0.25) is 9.36 Å². The van der Waals surface area contributed by atoms with Crippen molar-refractivity contribution in [1.82, 2.24) is 14.8 Å². The summed E-state index contributed by atoms with van der Waals surface area (Å²) in [5, 5.41) is 11.5. The predicted molar refractivity (Wildman–Crippen MR) is 123 cm³/mol. The summed E-state index contributed by atoms with van der Waals surface area (Å²) in [6, 6.07) is 13.4. The van der Waals surface area contributed by atoms with Crippen LogP contribution in [0.15, 0.2) is 53.0 Å². The van der Waals surface area contributed by atoms with Gasteiger partial charge in [0.2, 0.25) is 5.91 Å². The molecule has 0 N–H and O–H groups in total. The highest BCUT2D eigenvalue weighted by Gasteiger charge is 2.36. The predicted octanol–water partition coefficient (Wildman–Crippen LogP) is 3.65. The maximum Gasteiger partial charge on any atom is 0.237 e. The number of carbonyl (C=O) groups is 1. The van der Waals surface area contributed by atoms with Crippen LogP contribution in [0.4, 0.5) is 5.69 Å². The Morgan fingerprint density at radius 1 is 1.13 bits per heavy atom. The number of benzene rings is 1. The van der Waals surface area contributed by atoms with E-state index in [1.807, 2.05) is 47.8 Å². The van der Waals surface area contributed by atoms with Gasteiger partial charge < -0.3 is 4.90 Å². The molecule has 0 bridgehead atoms. The minimum Gasteiger partial charge on any atom is -0.308 e. The number of aromatic nitrogens is 3. The van der Waals surface area contributed by atoms with Crippen molar-refractivity contribution in [2.75, 3.05) is 22.2 Å². The number of amides is 1. The Hall–Kier alpha value is -2.17. The zero-order valence-corrected chi connectivity index (χ0v) is 19.2. The molecule has 2 aliphatic rings. The Kier molecular flexibility index (Phi) is 5.61. The average Bonchev–Trinajstić information content (AvgIpc) is 3.14. The van der Waals surface area contributed by atoms with Crippen LogP contribution in [-0.4, -0.2) is 52.4 Å². The van der Waals surface area contributed by atoms with Gasteiger partial charge >= 0.3 is 0 Å². The standard InChI is InChI=1S/C21H22N4O3S3/c26-19(24(15-5-2-1-3-6-15)17-10-12-31(27,28)14-17)13-30-21-23-22-20(18-7-4-11-29-18)25(21)16-8-9-16/h1-7,11,16-17H,8-10,12-14H2/t17-/m1/s1. The largest absolute Gasteiger partial charge is 0.308 e. The van der Waals surface area contributed by atoms with Crippen LogP contribution in [0.5, 0.6) is 0 Å². The van der Waals surface area contributed by atoms with Gasteiger partial charge in [-0.1, -0.05) is 36.0 Å². The van der Waals surface area contributed by atoms with Crippen molar-refractivity contribution in [2.24, 2.45) is 0 Å². The van der Waals surface area contributed by atoms with Crippen molar-refractivity contribution < 1.29 is 13.2 Å². The number of hydrogen-bond acceptors (Lipinski definition) is 7. The third-order valence-corrected chi connectivity index (χ3v) is 9.06. The number of carbonyl (C=O) groups excluding carboxylic acids is 1. The van der Waals surface area contributed by atoms with Gasteiger partial charge in [0.15, 0.2) is 20.8 Å². The van der Waals surface area contributed by atoms with Crippen LogP contribution in [0.3, 0.4) is 0 Å². The Labute approximate surface area is 189 Å². The topological polar surface area (TPSA) is 85.2 Å². The Balaban J connectivity index is 1.37. The van der Waals surface area contributed by atoms with E-state index in [2.05, 4.69) is 14.8 Å². The van der Waals surface area contributed by atoms with Gasteiger partial charge in [0.25, 0.3) is 0 Å². The van der Waals surface area contributed by atoms with Crippen LogP contribution in [0.1, 0.15) is 25.3 Å². The van der Waals surface area contributed by atoms with Gasteiger partial charge in [-0.2, -0.15) is 0 Å². The van der Waals surface area contributed by atoms with E-state index in [0.29, 0.717) is 12.5 Å². The SMILES string of the molecule is O=C(CSc1nnc(-c2cccs2)n1C1CC1)N(c1ccccc1)[C@@H]1CCS(=O)(=O)C1. The molecule has 2 aromatic heterocycles. The highest BCUT2D eigenvalue weighted by Crippen LogP contribution is 2.42. The molecule has 1 saturated heterocycles. The lowest BCUT2D eigenvalue weighted by Gasteiger charge is -2.28. The van der Waals surface area contributed by atoms with Crippen LogP contribution in [0, 0.1) is 0 Å². The van der Waals surface area contributed by atoms with Crippen LogP contribution in [0.2, 0.25) is 0 Å². The zero-order valence-electron chi connectivity index (χ0n) is 16.8. The number of nitrogens with zero attached hydrogens (tertiary/aromatic N) is 4. The Morgan fingerprint density at radius 2 is 1.94 bits per heavy atom. The molecule has 1 aliphatic heterocycles. The fourth-order valence-corrected chi connectivity index (χ4v) is 7.20. The molecule has 0 radical (unpaired) electrons. The molecule has 7 nitrogen and oxygen atoms in total. The molecule has 162 valence electrons. The van der Waals surface area contributed by atoms with Crippen molar-refractivity contribution >= 4 is 44.5 Å². The van der Waals surface area contributed by atoms with Crippen molar-refractivity contribution in [3.8, 4) is 10.7 Å². The molecule has 3 heterocycles. The average molecular weight is 475 g/mol. The molecule has 31 heavy (non-hydrogen) atoms. The molecule has 1 amide bonds. The molecule has 10 heteroatoms. The van der Waals surface area contributed by atoms with E-state index in [1.165, 1.54) is 11.8 Å². The summed E-state index contributed by atoms with van der Waals surface area (Å²) in [7, 11) is -3.11. The van der Waals surface area contributed by atoms with Gasteiger partial charge in [0.05, 0.1) is 28.2 Å². The van der Waals surface area contributed by atoms with Gasteiger partial charge in [0.1, 0.15) is 0 Å². The molecule has 5 rings (SSSR count). The molecule has 0 unspecified atom stereocenters. The van der Waals surface area contributed by atoms with E-state index in [9.17, 15) is 13.2 Å². The minimum atomic E-state index is -3.11. The smallest absolute Gasteiger partial charge is 0.237 e. The number of sulfone groups is 1. The molecular weight excluding hydrogens is 452 g/mol. The third kappa shape index (κ3) is 4.42. The first kappa shape index (κ1) is 20.7. The van der Waals surface area contributed by atoms with Crippen LogP contribution >= 0.6 is 23.1 Å². The van der Waals surface area contributed by atoms with Gasteiger partial charge in [-0.15, -0.1) is 21.5 Å². The summed E-state index contributed by atoms with van der Waals surface area (Å²) in [5.41, 5.74) is 0.734. The first-order valence-corrected chi connectivity index (χ1v) is 13.9. The lowest BCUT2D eigenvalue weighted by molar-refractivity contribution is -0.116. The normalized spacial score (nSPS) is 20.1. The Morgan fingerprint density at radius 3 is 2.58 bits per heavy atom. The van der Waals surface area contributed by atoms with E-state index in [1.54, 1.807) is 16.2 Å². The second kappa shape index (κ2) is 8.40. The van der Waals surface area contributed by atoms with Crippen LogP contribution in [-0.2, 0) is 14.6 Å². The fraction of sp³-hybridized carbons (Fsp3) is 0.381. The number of anilines is 1. The molecule has 1 atom stereocenters. The Bertz CT molecular complexity index is 1170. The quantitative estimate of drug-likeness (QED) is 0.486. The summed E-state index contributed by atoms with van der Waals surface area (Å²) < 4.78 is 26.3. The summed E-state index contributed by atoms with van der Waals surface area (Å²) in [6.45, 7) is 0. The van der Waals surface area contributed by atoms with E-state index in [-0.39, 0.29) is 29.2 Å². The highest BCUT2D eigenvalue weighted by atomic mass is 32.2. The van der Waals surface area contributed by atoms with Crippen molar-refractivity contribution in [2.45, 2.75) is 36.5 Å². The molecule has 1 aliphatic carbocycles. The zero-order chi connectivity index (χ0) is 21.4. The lowest BCUT2D eigenvalue weighted by atomic mass is 10.2. The summed E-state index contributed by atoms with van der Waals surface area (Å²) >= 11 is 3.00. The summed E-state index contributed by atoms with van der Waals surface area (Å²) in [5.74, 6) is 1.07. The molecule has 1 aromatic carbocycles. The first-order chi connectivity index (χ1) is 15.0. The lowest BCUT2D eigenvalue weighted by Crippen LogP contribution is -2.42. The molecular formula is C21H22N4O3S3. The number of rotatable bonds is 7. The van der Waals surface area contributed by atoms with Crippen LogP contribution < -0.4 is 4.90 Å². The summed E-state index contributed by atoms with van der Waals surface area (Å²) in [4.78, 5) is 16.0. The summed E-state index contributed by atoms with van der Waals surface area (Å²) in [6.07, 6.45) is 2.65. The fourth-order valence-electron chi connectivity index (χ4n) is 3.93. The van der Waals surface area contributed by atoms with Gasteiger partial charge in [0, 0.05) is 11.7 Å². The monoisotopic (exact) mass is 474 g/mol. The van der Waals surface area contributed by atoms with Gasteiger partial charge in [-0.05, 0) is 42.8 Å². The molecule has 0 spiro atoms. The molecule has 2 fully saturated rings. The van der Waals surface area contributed by atoms with E-state index < -0.39 is 9.84 Å². The van der Waals surface area contributed by atoms with Crippen molar-refractivity contribution in [3.63, 3.8) is 0 Å². The number of thioether (sulfide) groups is 1. The second-order valence-corrected chi connectivity index (χ2v) is 11.9. The van der Waals surface area contributed by atoms with Gasteiger partial charge in [-0.25, -0.2) is 8.42 Å². The second-order valence-electron chi connectivity index (χ2n) is 7.83. The number of hydrogen-bond donors (Lipinski definition) is 0. The van der Waals surface area contributed by atoms with Crippen molar-refractivity contribution in [3.05, 3.63) is 47.8 Å². The maximum absolute atomic E-state index is 13.3. The van der Waals surface area contributed by atoms with E-state index in [4.69, 9.17) is 0 Å². The van der Waals surface area contributed by atoms with Crippen molar-refractivity contribution in [1.29, 1.82) is 0 Å². The number of thiophene rings is 1. The van der Waals surface area contributed by atoms with E-state index >= 15 is 0 Å². The first-order valence-electron chi connectivity index (χ1n) is 10.2. The maximum atomic E-state index is 13.3. The van der Waals surface area contributed by atoms with E-state index in [0.717, 1.165) is 34.4 Å². The third-order valence-electron chi connectivity index (χ3n) is 5.52. The van der Waals surface area contributed by atoms with Crippen LogP contribution in [0.25, 0.3) is 10.7 Å². The minimum absolute atomic E-state index is 0.0130. The molecule has 1 saturated carbocycles. The number of para-hydroxylation sites is 1.